The van der Waals surface area contributed by atoms with E-state index in [0.29, 0.717) is 10.4 Å². The molecule has 1 heterocycles. The molecule has 0 aliphatic rings. The Morgan fingerprint density at radius 1 is 1.33 bits per heavy atom. The van der Waals surface area contributed by atoms with E-state index in [1.807, 2.05) is 35.9 Å². The molecule has 0 bridgehead atoms. The maximum absolute atomic E-state index is 12.2. The highest BCUT2D eigenvalue weighted by Crippen LogP contribution is 2.17. The molecule has 0 unspecified atom stereocenters. The number of rotatable bonds is 5. The predicted molar refractivity (Wildman–Crippen MR) is 87.9 cm³/mol. The lowest BCUT2D eigenvalue weighted by Gasteiger charge is -1.98. The first-order valence-corrected chi connectivity index (χ1v) is 8.80. The summed E-state index contributed by atoms with van der Waals surface area (Å²) in [5.41, 5.74) is 1.74. The van der Waals surface area contributed by atoms with Crippen molar-refractivity contribution in [1.82, 2.24) is 9.78 Å². The minimum Gasteiger partial charge on any atom is -0.267 e. The Bertz CT molecular complexity index is 671. The Labute approximate surface area is 132 Å². The molecule has 112 valence electrons. The summed E-state index contributed by atoms with van der Waals surface area (Å²) in [6, 6.07) is 7.48. The SMILES string of the molecule is CCCn1nc(SCC)sc1=NC(=O)c1ccc(C)cc1. The molecule has 21 heavy (non-hydrogen) atoms. The third-order valence-corrected chi connectivity index (χ3v) is 4.76. The molecule has 2 rings (SSSR count). The van der Waals surface area contributed by atoms with Crippen molar-refractivity contribution in [3.05, 3.63) is 40.2 Å². The van der Waals surface area contributed by atoms with Crippen LogP contribution in [0.3, 0.4) is 0 Å². The number of carbonyl (C=O) groups is 1. The van der Waals surface area contributed by atoms with Crippen LogP contribution < -0.4 is 4.80 Å². The topological polar surface area (TPSA) is 47.2 Å². The van der Waals surface area contributed by atoms with Crippen LogP contribution in [0.15, 0.2) is 33.6 Å². The monoisotopic (exact) mass is 321 g/mol. The van der Waals surface area contributed by atoms with Gasteiger partial charge < -0.3 is 0 Å². The van der Waals surface area contributed by atoms with Gasteiger partial charge in [-0.3, -0.25) is 4.79 Å². The summed E-state index contributed by atoms with van der Waals surface area (Å²) in [7, 11) is 0. The first kappa shape index (κ1) is 16.0. The molecule has 2 aromatic rings. The zero-order chi connectivity index (χ0) is 15.2. The smallest absolute Gasteiger partial charge is 0.267 e. The van der Waals surface area contributed by atoms with Gasteiger partial charge in [-0.15, -0.1) is 0 Å². The van der Waals surface area contributed by atoms with E-state index in [4.69, 9.17) is 0 Å². The number of hydrogen-bond acceptors (Lipinski definition) is 4. The second kappa shape index (κ2) is 7.56. The standard InChI is InChI=1S/C15H19N3OS2/c1-4-10-18-14(21-15(17-18)20-5-2)16-13(19)12-8-6-11(3)7-9-12/h6-9H,4-5,10H2,1-3H3. The maximum atomic E-state index is 12.2. The van der Waals surface area contributed by atoms with E-state index < -0.39 is 0 Å². The molecule has 6 heteroatoms. The van der Waals surface area contributed by atoms with Crippen molar-refractivity contribution in [1.29, 1.82) is 0 Å². The molecule has 0 aliphatic heterocycles. The Kier molecular flexibility index (Phi) is 5.76. The summed E-state index contributed by atoms with van der Waals surface area (Å²) in [4.78, 5) is 17.2. The van der Waals surface area contributed by atoms with Gasteiger partial charge in [0, 0.05) is 12.1 Å². The second-order valence-corrected chi connectivity index (χ2v) is 7.06. The predicted octanol–water partition coefficient (Wildman–Crippen LogP) is 3.52. The van der Waals surface area contributed by atoms with Gasteiger partial charge in [0.2, 0.25) is 4.80 Å². The third-order valence-electron chi connectivity index (χ3n) is 2.80. The molecule has 1 aromatic heterocycles. The quantitative estimate of drug-likeness (QED) is 0.792. The van der Waals surface area contributed by atoms with Crippen LogP contribution in [0.5, 0.6) is 0 Å². The van der Waals surface area contributed by atoms with Crippen LogP contribution in [0, 0.1) is 6.92 Å². The van der Waals surface area contributed by atoms with Crippen molar-refractivity contribution in [3.8, 4) is 0 Å². The summed E-state index contributed by atoms with van der Waals surface area (Å²) < 4.78 is 2.79. The van der Waals surface area contributed by atoms with Crippen molar-refractivity contribution in [3.63, 3.8) is 0 Å². The van der Waals surface area contributed by atoms with Gasteiger partial charge in [0.1, 0.15) is 0 Å². The highest BCUT2D eigenvalue weighted by Gasteiger charge is 2.08. The molecule has 1 aromatic carbocycles. The Hall–Kier alpha value is -1.40. The van der Waals surface area contributed by atoms with Crippen LogP contribution in [0.2, 0.25) is 0 Å². The number of hydrogen-bond donors (Lipinski definition) is 0. The summed E-state index contributed by atoms with van der Waals surface area (Å²) in [6.07, 6.45) is 0.964. The van der Waals surface area contributed by atoms with E-state index in [2.05, 4.69) is 23.9 Å². The van der Waals surface area contributed by atoms with Crippen LogP contribution in [0.1, 0.15) is 36.2 Å². The van der Waals surface area contributed by atoms with Crippen LogP contribution in [0.4, 0.5) is 0 Å². The van der Waals surface area contributed by atoms with Crippen molar-refractivity contribution in [2.24, 2.45) is 4.99 Å². The number of thioether (sulfide) groups is 1. The average Bonchev–Trinajstić information content (AvgIpc) is 2.82. The van der Waals surface area contributed by atoms with Crippen LogP contribution in [-0.4, -0.2) is 21.4 Å². The zero-order valence-electron chi connectivity index (χ0n) is 12.5. The zero-order valence-corrected chi connectivity index (χ0v) is 14.1. The number of aryl methyl sites for hydroxylation is 2. The first-order chi connectivity index (χ1) is 10.1. The maximum Gasteiger partial charge on any atom is 0.279 e. The number of aromatic nitrogens is 2. The van der Waals surface area contributed by atoms with E-state index in [1.54, 1.807) is 11.8 Å². The molecule has 0 N–H and O–H groups in total. The second-order valence-electron chi connectivity index (χ2n) is 4.59. The van der Waals surface area contributed by atoms with Gasteiger partial charge in [-0.1, -0.05) is 54.6 Å². The largest absolute Gasteiger partial charge is 0.279 e. The van der Waals surface area contributed by atoms with Gasteiger partial charge in [-0.2, -0.15) is 10.1 Å². The van der Waals surface area contributed by atoms with Crippen LogP contribution in [-0.2, 0) is 6.54 Å². The molecule has 0 spiro atoms. The molecule has 0 radical (unpaired) electrons. The van der Waals surface area contributed by atoms with Crippen LogP contribution in [0.25, 0.3) is 0 Å². The van der Waals surface area contributed by atoms with Gasteiger partial charge in [0.25, 0.3) is 5.91 Å². The number of benzene rings is 1. The minimum atomic E-state index is -0.212. The summed E-state index contributed by atoms with van der Waals surface area (Å²) in [5.74, 6) is 0.752. The van der Waals surface area contributed by atoms with E-state index in [9.17, 15) is 4.79 Å². The van der Waals surface area contributed by atoms with Crippen molar-refractivity contribution in [2.45, 2.75) is 38.1 Å². The Morgan fingerprint density at radius 2 is 2.05 bits per heavy atom. The first-order valence-electron chi connectivity index (χ1n) is 7.00. The van der Waals surface area contributed by atoms with Crippen molar-refractivity contribution < 1.29 is 4.79 Å². The summed E-state index contributed by atoms with van der Waals surface area (Å²) in [6.45, 7) is 6.95. The fourth-order valence-corrected chi connectivity index (χ4v) is 3.64. The number of amides is 1. The minimum absolute atomic E-state index is 0.212. The molecule has 4 nitrogen and oxygen atoms in total. The Morgan fingerprint density at radius 3 is 2.67 bits per heavy atom. The molecular formula is C15H19N3OS2. The van der Waals surface area contributed by atoms with Gasteiger partial charge in [-0.25, -0.2) is 4.68 Å². The van der Waals surface area contributed by atoms with Crippen LogP contribution >= 0.6 is 23.1 Å². The van der Waals surface area contributed by atoms with E-state index >= 15 is 0 Å². The fraction of sp³-hybridized carbons (Fsp3) is 0.400. The Balaban J connectivity index is 2.34. The van der Waals surface area contributed by atoms with E-state index in [-0.39, 0.29) is 5.91 Å². The molecule has 0 saturated carbocycles. The van der Waals surface area contributed by atoms with E-state index in [1.165, 1.54) is 11.3 Å². The lowest BCUT2D eigenvalue weighted by Crippen LogP contribution is -2.18. The van der Waals surface area contributed by atoms with E-state index in [0.717, 1.165) is 28.6 Å². The van der Waals surface area contributed by atoms with Gasteiger partial charge in [0.05, 0.1) is 0 Å². The molecule has 0 atom stereocenters. The molecule has 0 saturated heterocycles. The molecule has 0 aliphatic carbocycles. The van der Waals surface area contributed by atoms with Crippen molar-refractivity contribution >= 4 is 29.0 Å². The molecular weight excluding hydrogens is 302 g/mol. The summed E-state index contributed by atoms with van der Waals surface area (Å²) >= 11 is 3.15. The summed E-state index contributed by atoms with van der Waals surface area (Å²) in [5, 5.41) is 4.50. The van der Waals surface area contributed by atoms with Gasteiger partial charge in [-0.05, 0) is 31.2 Å². The third kappa shape index (κ3) is 4.28. The fourth-order valence-electron chi connectivity index (χ4n) is 1.76. The normalized spacial score (nSPS) is 11.9. The number of nitrogens with zero attached hydrogens (tertiary/aromatic N) is 3. The lowest BCUT2D eigenvalue weighted by molar-refractivity contribution is 0.0997. The number of carbonyl (C=O) groups excluding carboxylic acids is 1. The molecule has 1 amide bonds. The average molecular weight is 321 g/mol. The molecule has 0 fully saturated rings. The van der Waals surface area contributed by atoms with Gasteiger partial charge >= 0.3 is 0 Å². The highest BCUT2D eigenvalue weighted by atomic mass is 32.2. The van der Waals surface area contributed by atoms with Crippen molar-refractivity contribution in [2.75, 3.05) is 5.75 Å². The van der Waals surface area contributed by atoms with Gasteiger partial charge in [0.15, 0.2) is 4.34 Å². The highest BCUT2D eigenvalue weighted by molar-refractivity contribution is 8.00. The lowest BCUT2D eigenvalue weighted by atomic mass is 10.1.